The summed E-state index contributed by atoms with van der Waals surface area (Å²) < 4.78 is 0. The molecule has 0 radical (unpaired) electrons. The predicted octanol–water partition coefficient (Wildman–Crippen LogP) is 5.47. The van der Waals surface area contributed by atoms with Crippen LogP contribution in [0.3, 0.4) is 0 Å². The van der Waals surface area contributed by atoms with Crippen LogP contribution >= 0.6 is 11.3 Å². The van der Waals surface area contributed by atoms with E-state index in [0.29, 0.717) is 6.04 Å². The molecule has 0 fully saturated rings. The SMILES string of the molecule is CCNC(c1ccc(C)s1)C(CC)(CC)c1ccccc1. The van der Waals surface area contributed by atoms with Crippen LogP contribution in [0.25, 0.3) is 0 Å². The van der Waals surface area contributed by atoms with E-state index in [2.05, 4.69) is 75.5 Å². The molecule has 1 atom stereocenters. The van der Waals surface area contributed by atoms with Crippen molar-refractivity contribution < 1.29 is 0 Å². The standard InChI is InChI=1S/C19H27NS/c1-5-19(6-2,16-11-9-8-10-12-16)18(20-7-3)17-14-13-15(4)21-17/h8-14,18,20H,5-7H2,1-4H3. The Hall–Kier alpha value is -1.12. The minimum Gasteiger partial charge on any atom is -0.309 e. The van der Waals surface area contributed by atoms with Crippen molar-refractivity contribution in [3.63, 3.8) is 0 Å². The fraction of sp³-hybridized carbons (Fsp3) is 0.474. The molecule has 2 aromatic rings. The maximum atomic E-state index is 3.76. The zero-order valence-electron chi connectivity index (χ0n) is 13.6. The lowest BCUT2D eigenvalue weighted by atomic mass is 9.69. The van der Waals surface area contributed by atoms with Crippen LogP contribution in [0.1, 0.15) is 55.0 Å². The molecule has 114 valence electrons. The number of rotatable bonds is 7. The second kappa shape index (κ2) is 7.24. The molecule has 1 unspecified atom stereocenters. The van der Waals surface area contributed by atoms with Crippen LogP contribution in [-0.4, -0.2) is 6.54 Å². The highest BCUT2D eigenvalue weighted by Gasteiger charge is 2.38. The molecule has 2 heteroatoms. The van der Waals surface area contributed by atoms with Gasteiger partial charge in [0.1, 0.15) is 0 Å². The van der Waals surface area contributed by atoms with E-state index < -0.39 is 0 Å². The first-order valence-corrected chi connectivity index (χ1v) is 8.84. The second-order valence-corrected chi connectivity index (χ2v) is 6.99. The van der Waals surface area contributed by atoms with Crippen molar-refractivity contribution >= 4 is 11.3 Å². The normalized spacial score (nSPS) is 13.3. The maximum absolute atomic E-state index is 3.76. The van der Waals surface area contributed by atoms with Gasteiger partial charge < -0.3 is 5.32 Å². The Morgan fingerprint density at radius 2 is 1.67 bits per heavy atom. The van der Waals surface area contributed by atoms with Crippen LogP contribution in [0, 0.1) is 6.92 Å². The fourth-order valence-electron chi connectivity index (χ4n) is 3.38. The molecule has 1 aromatic heterocycles. The number of likely N-dealkylation sites (N-methyl/N-ethyl adjacent to an activating group) is 1. The number of aryl methyl sites for hydroxylation is 1. The highest BCUT2D eigenvalue weighted by atomic mass is 32.1. The smallest absolute Gasteiger partial charge is 0.0512 e. The summed E-state index contributed by atoms with van der Waals surface area (Å²) in [6.45, 7) is 10.0. The minimum absolute atomic E-state index is 0.161. The zero-order chi connectivity index (χ0) is 15.3. The number of thiophene rings is 1. The topological polar surface area (TPSA) is 12.0 Å². The van der Waals surface area contributed by atoms with Crippen LogP contribution in [0.2, 0.25) is 0 Å². The summed E-state index contributed by atoms with van der Waals surface area (Å²) in [5, 5.41) is 3.76. The molecule has 0 aliphatic heterocycles. The van der Waals surface area contributed by atoms with Crippen molar-refractivity contribution in [3.8, 4) is 0 Å². The summed E-state index contributed by atoms with van der Waals surface area (Å²) in [7, 11) is 0. The summed E-state index contributed by atoms with van der Waals surface area (Å²) in [6.07, 6.45) is 2.28. The van der Waals surface area contributed by atoms with Gasteiger partial charge in [0, 0.05) is 15.2 Å². The molecule has 0 bridgehead atoms. The highest BCUT2D eigenvalue weighted by Crippen LogP contribution is 2.44. The van der Waals surface area contributed by atoms with E-state index in [-0.39, 0.29) is 5.41 Å². The summed E-state index contributed by atoms with van der Waals surface area (Å²) in [5.74, 6) is 0. The van der Waals surface area contributed by atoms with E-state index >= 15 is 0 Å². The Morgan fingerprint density at radius 3 is 2.14 bits per heavy atom. The average molecular weight is 301 g/mol. The molecular weight excluding hydrogens is 274 g/mol. The quantitative estimate of drug-likeness (QED) is 0.715. The Bertz CT molecular complexity index is 540. The number of hydrogen-bond acceptors (Lipinski definition) is 2. The van der Waals surface area contributed by atoms with Gasteiger partial charge in [-0.2, -0.15) is 0 Å². The highest BCUT2D eigenvalue weighted by molar-refractivity contribution is 7.12. The summed E-state index contributed by atoms with van der Waals surface area (Å²) >= 11 is 1.93. The Balaban J connectivity index is 2.51. The van der Waals surface area contributed by atoms with Gasteiger partial charge in [-0.25, -0.2) is 0 Å². The number of nitrogens with one attached hydrogen (secondary N) is 1. The van der Waals surface area contributed by atoms with Crippen LogP contribution in [0.4, 0.5) is 0 Å². The summed E-state index contributed by atoms with van der Waals surface area (Å²) in [6, 6.07) is 15.9. The van der Waals surface area contributed by atoms with Crippen molar-refractivity contribution in [2.75, 3.05) is 6.54 Å². The number of hydrogen-bond donors (Lipinski definition) is 1. The molecule has 2 rings (SSSR count). The summed E-state index contributed by atoms with van der Waals surface area (Å²) in [4.78, 5) is 2.85. The van der Waals surface area contributed by atoms with Crippen molar-refractivity contribution in [2.24, 2.45) is 0 Å². The molecule has 0 aliphatic rings. The zero-order valence-corrected chi connectivity index (χ0v) is 14.5. The lowest BCUT2D eigenvalue weighted by molar-refractivity contribution is 0.281. The van der Waals surface area contributed by atoms with E-state index in [1.807, 2.05) is 11.3 Å². The van der Waals surface area contributed by atoms with Gasteiger partial charge in [0.05, 0.1) is 6.04 Å². The van der Waals surface area contributed by atoms with Crippen LogP contribution in [-0.2, 0) is 5.41 Å². The molecule has 0 aliphatic carbocycles. The second-order valence-electron chi connectivity index (χ2n) is 5.67. The molecule has 1 nitrogen and oxygen atoms in total. The van der Waals surface area contributed by atoms with E-state index in [1.54, 1.807) is 0 Å². The van der Waals surface area contributed by atoms with Crippen LogP contribution < -0.4 is 5.32 Å². The van der Waals surface area contributed by atoms with Gasteiger partial charge in [0.15, 0.2) is 0 Å². The lowest BCUT2D eigenvalue weighted by Crippen LogP contribution is -2.40. The first kappa shape index (κ1) is 16.3. The van der Waals surface area contributed by atoms with Crippen LogP contribution in [0.5, 0.6) is 0 Å². The fourth-order valence-corrected chi connectivity index (χ4v) is 4.45. The molecule has 1 aromatic carbocycles. The Morgan fingerprint density at radius 1 is 1.00 bits per heavy atom. The van der Waals surface area contributed by atoms with Crippen molar-refractivity contribution in [1.29, 1.82) is 0 Å². The average Bonchev–Trinajstić information content (AvgIpc) is 2.95. The third-order valence-corrected chi connectivity index (χ3v) is 5.68. The van der Waals surface area contributed by atoms with E-state index in [4.69, 9.17) is 0 Å². The number of benzene rings is 1. The molecule has 0 spiro atoms. The monoisotopic (exact) mass is 301 g/mol. The molecule has 0 saturated carbocycles. The van der Waals surface area contributed by atoms with Gasteiger partial charge in [-0.15, -0.1) is 11.3 Å². The molecule has 1 heterocycles. The first-order chi connectivity index (χ1) is 10.2. The van der Waals surface area contributed by atoms with Gasteiger partial charge in [0.25, 0.3) is 0 Å². The van der Waals surface area contributed by atoms with Gasteiger partial charge >= 0.3 is 0 Å². The maximum Gasteiger partial charge on any atom is 0.0512 e. The Labute approximate surface area is 133 Å². The van der Waals surface area contributed by atoms with Crippen LogP contribution in [0.15, 0.2) is 42.5 Å². The third-order valence-electron chi connectivity index (χ3n) is 4.62. The predicted molar refractivity (Wildman–Crippen MR) is 94.2 cm³/mol. The largest absolute Gasteiger partial charge is 0.309 e. The van der Waals surface area contributed by atoms with Gasteiger partial charge in [0.2, 0.25) is 0 Å². The van der Waals surface area contributed by atoms with E-state index in [1.165, 1.54) is 15.3 Å². The van der Waals surface area contributed by atoms with Gasteiger partial charge in [-0.05, 0) is 44.0 Å². The molecule has 0 saturated heterocycles. The van der Waals surface area contributed by atoms with Gasteiger partial charge in [-0.3, -0.25) is 0 Å². The minimum atomic E-state index is 0.161. The van der Waals surface area contributed by atoms with Crippen molar-refractivity contribution in [3.05, 3.63) is 57.8 Å². The molecular formula is C19H27NS. The van der Waals surface area contributed by atoms with E-state index in [0.717, 1.165) is 19.4 Å². The molecule has 21 heavy (non-hydrogen) atoms. The van der Waals surface area contributed by atoms with Crippen molar-refractivity contribution in [2.45, 2.75) is 52.0 Å². The first-order valence-electron chi connectivity index (χ1n) is 8.03. The van der Waals surface area contributed by atoms with Gasteiger partial charge in [-0.1, -0.05) is 51.1 Å². The molecule has 0 amide bonds. The lowest BCUT2D eigenvalue weighted by Gasteiger charge is -2.40. The Kier molecular flexibility index (Phi) is 5.60. The van der Waals surface area contributed by atoms with E-state index in [9.17, 15) is 0 Å². The summed E-state index contributed by atoms with van der Waals surface area (Å²) in [5.41, 5.74) is 1.61. The van der Waals surface area contributed by atoms with Crippen molar-refractivity contribution in [1.82, 2.24) is 5.32 Å². The molecule has 1 N–H and O–H groups in total. The third kappa shape index (κ3) is 3.22.